The topological polar surface area (TPSA) is 24.9 Å². The summed E-state index contributed by atoms with van der Waals surface area (Å²) >= 11 is 11.1. The van der Waals surface area contributed by atoms with Gasteiger partial charge in [-0.2, -0.15) is 0 Å². The second-order valence-electron chi connectivity index (χ2n) is 3.87. The van der Waals surface area contributed by atoms with Crippen LogP contribution in [0.2, 0.25) is 5.15 Å². The van der Waals surface area contributed by atoms with E-state index in [2.05, 4.69) is 44.6 Å². The quantitative estimate of drug-likeness (QED) is 0.797. The molecule has 0 amide bonds. The van der Waals surface area contributed by atoms with Gasteiger partial charge in [-0.25, -0.2) is 4.98 Å². The molecule has 1 unspecified atom stereocenters. The molecule has 2 rings (SSSR count). The van der Waals surface area contributed by atoms with E-state index in [9.17, 15) is 0 Å². The predicted octanol–water partition coefficient (Wildman–Crippen LogP) is 5.04. The lowest BCUT2D eigenvalue weighted by atomic mass is 10.2. The Morgan fingerprint density at radius 3 is 2.82 bits per heavy atom. The summed E-state index contributed by atoms with van der Waals surface area (Å²) < 4.78 is 1.12. The highest BCUT2D eigenvalue weighted by Crippen LogP contribution is 2.28. The van der Waals surface area contributed by atoms with Gasteiger partial charge >= 0.3 is 0 Å². The van der Waals surface area contributed by atoms with E-state index in [0.717, 1.165) is 15.7 Å². The first kappa shape index (κ1) is 12.9. The highest BCUT2D eigenvalue weighted by molar-refractivity contribution is 9.10. The number of aryl methyl sites for hydroxylation is 1. The first-order chi connectivity index (χ1) is 8.06. The number of hydrogen-bond acceptors (Lipinski definition) is 3. The van der Waals surface area contributed by atoms with Crippen LogP contribution in [-0.4, -0.2) is 4.98 Å². The highest BCUT2D eigenvalue weighted by Gasteiger charge is 2.08. The summed E-state index contributed by atoms with van der Waals surface area (Å²) in [6, 6.07) is 4.39. The summed E-state index contributed by atoms with van der Waals surface area (Å²) in [4.78, 5) is 5.41. The van der Waals surface area contributed by atoms with Crippen molar-refractivity contribution in [3.63, 3.8) is 0 Å². The average molecular weight is 332 g/mol. The van der Waals surface area contributed by atoms with Crippen LogP contribution >= 0.6 is 38.9 Å². The van der Waals surface area contributed by atoms with Crippen molar-refractivity contribution in [3.8, 4) is 0 Å². The molecular weight excluding hydrogens is 320 g/mol. The summed E-state index contributed by atoms with van der Waals surface area (Å²) in [7, 11) is 0. The summed E-state index contributed by atoms with van der Waals surface area (Å²) in [5.41, 5.74) is 1.97. The third-order valence-electron chi connectivity index (χ3n) is 2.41. The van der Waals surface area contributed by atoms with Crippen LogP contribution in [0.3, 0.4) is 0 Å². The van der Waals surface area contributed by atoms with Crippen LogP contribution in [0.5, 0.6) is 0 Å². The van der Waals surface area contributed by atoms with Gasteiger partial charge in [0.15, 0.2) is 0 Å². The summed E-state index contributed by atoms with van der Waals surface area (Å²) in [6.07, 6.45) is 1.76. The van der Waals surface area contributed by atoms with Gasteiger partial charge in [-0.05, 0) is 47.5 Å². The second kappa shape index (κ2) is 5.38. The van der Waals surface area contributed by atoms with Crippen molar-refractivity contribution in [3.05, 3.63) is 43.8 Å². The maximum absolute atomic E-state index is 5.89. The minimum atomic E-state index is 0.258. The Morgan fingerprint density at radius 2 is 2.24 bits per heavy atom. The molecule has 0 aliphatic rings. The Hall–Kier alpha value is -0.580. The molecule has 2 nitrogen and oxygen atoms in total. The fourth-order valence-electron chi connectivity index (χ4n) is 1.51. The minimum absolute atomic E-state index is 0.258. The molecular formula is C12H12BrClN2S. The summed E-state index contributed by atoms with van der Waals surface area (Å²) in [5.74, 6) is 0. The van der Waals surface area contributed by atoms with Gasteiger partial charge in [-0.3, -0.25) is 0 Å². The molecule has 0 aromatic carbocycles. The molecule has 0 fully saturated rings. The molecule has 2 aromatic heterocycles. The normalized spacial score (nSPS) is 12.5. The zero-order valence-corrected chi connectivity index (χ0v) is 12.7. The van der Waals surface area contributed by atoms with E-state index >= 15 is 0 Å². The third kappa shape index (κ3) is 3.21. The van der Waals surface area contributed by atoms with Crippen molar-refractivity contribution in [2.75, 3.05) is 5.32 Å². The molecule has 1 N–H and O–H groups in total. The Labute approximate surface area is 118 Å². The molecule has 0 aliphatic carbocycles. The number of aromatic nitrogens is 1. The maximum Gasteiger partial charge on any atom is 0.132 e. The lowest BCUT2D eigenvalue weighted by molar-refractivity contribution is 0.904. The van der Waals surface area contributed by atoms with Crippen molar-refractivity contribution in [1.29, 1.82) is 0 Å². The van der Waals surface area contributed by atoms with Crippen LogP contribution in [0.4, 0.5) is 5.69 Å². The Morgan fingerprint density at radius 1 is 1.47 bits per heavy atom. The molecule has 0 radical (unpaired) electrons. The second-order valence-corrected chi connectivity index (χ2v) is 6.08. The van der Waals surface area contributed by atoms with E-state index in [4.69, 9.17) is 11.6 Å². The van der Waals surface area contributed by atoms with Gasteiger partial charge in [0.2, 0.25) is 0 Å². The van der Waals surface area contributed by atoms with Gasteiger partial charge in [-0.15, -0.1) is 11.3 Å². The van der Waals surface area contributed by atoms with Crippen molar-refractivity contribution in [1.82, 2.24) is 4.98 Å². The molecule has 90 valence electrons. The number of rotatable bonds is 3. The molecule has 0 saturated heterocycles. The van der Waals surface area contributed by atoms with E-state index in [-0.39, 0.29) is 6.04 Å². The maximum atomic E-state index is 5.89. The standard InChI is InChI=1S/C12H12BrClN2S/c1-7-3-10(5-15-12(7)14)16-8(2)11-4-9(13)6-17-11/h3-6,8,16H,1-2H3. The van der Waals surface area contributed by atoms with Crippen LogP contribution in [0.25, 0.3) is 0 Å². The number of anilines is 1. The Bertz CT molecular complexity index is 527. The number of hydrogen-bond donors (Lipinski definition) is 1. The molecule has 0 spiro atoms. The van der Waals surface area contributed by atoms with Crippen molar-refractivity contribution in [2.24, 2.45) is 0 Å². The van der Waals surface area contributed by atoms with Crippen molar-refractivity contribution >= 4 is 44.6 Å². The molecule has 1 atom stereocenters. The lowest BCUT2D eigenvalue weighted by Gasteiger charge is -2.13. The lowest BCUT2D eigenvalue weighted by Crippen LogP contribution is -2.05. The third-order valence-corrected chi connectivity index (χ3v) is 4.68. The zero-order chi connectivity index (χ0) is 12.4. The van der Waals surface area contributed by atoms with Crippen molar-refractivity contribution in [2.45, 2.75) is 19.9 Å². The number of thiophene rings is 1. The molecule has 0 aliphatic heterocycles. The van der Waals surface area contributed by atoms with E-state index in [1.807, 2.05) is 13.0 Å². The first-order valence-corrected chi connectivity index (χ1v) is 7.24. The van der Waals surface area contributed by atoms with Crippen molar-refractivity contribution < 1.29 is 0 Å². The van der Waals surface area contributed by atoms with E-state index < -0.39 is 0 Å². The molecule has 2 heterocycles. The van der Waals surface area contributed by atoms with Gasteiger partial charge < -0.3 is 5.32 Å². The van der Waals surface area contributed by atoms with Gasteiger partial charge in [-0.1, -0.05) is 11.6 Å². The van der Waals surface area contributed by atoms with Gasteiger partial charge in [0, 0.05) is 14.7 Å². The Kier molecular flexibility index (Phi) is 4.07. The number of halogens is 2. The van der Waals surface area contributed by atoms with Gasteiger partial charge in [0.25, 0.3) is 0 Å². The predicted molar refractivity (Wildman–Crippen MR) is 78.0 cm³/mol. The minimum Gasteiger partial charge on any atom is -0.376 e. The fourth-order valence-corrected chi connectivity index (χ4v) is 3.07. The van der Waals surface area contributed by atoms with E-state index in [1.54, 1.807) is 17.5 Å². The molecule has 17 heavy (non-hydrogen) atoms. The first-order valence-electron chi connectivity index (χ1n) is 5.19. The molecule has 2 aromatic rings. The highest BCUT2D eigenvalue weighted by atomic mass is 79.9. The molecule has 0 saturated carbocycles. The average Bonchev–Trinajstić information content (AvgIpc) is 2.70. The van der Waals surface area contributed by atoms with Crippen LogP contribution in [-0.2, 0) is 0 Å². The zero-order valence-electron chi connectivity index (χ0n) is 9.50. The number of nitrogens with zero attached hydrogens (tertiary/aromatic N) is 1. The summed E-state index contributed by atoms with van der Waals surface area (Å²) in [6.45, 7) is 4.08. The van der Waals surface area contributed by atoms with Gasteiger partial charge in [0.1, 0.15) is 5.15 Å². The van der Waals surface area contributed by atoms with Gasteiger partial charge in [0.05, 0.1) is 17.9 Å². The van der Waals surface area contributed by atoms with Crippen LogP contribution in [0, 0.1) is 6.92 Å². The van der Waals surface area contributed by atoms with Crippen LogP contribution < -0.4 is 5.32 Å². The molecule has 0 bridgehead atoms. The fraction of sp³-hybridized carbons (Fsp3) is 0.250. The number of pyridine rings is 1. The number of nitrogens with one attached hydrogen (secondary N) is 1. The van der Waals surface area contributed by atoms with Crippen LogP contribution in [0.15, 0.2) is 28.2 Å². The van der Waals surface area contributed by atoms with E-state index in [1.165, 1.54) is 4.88 Å². The Balaban J connectivity index is 2.12. The van der Waals surface area contributed by atoms with E-state index in [0.29, 0.717) is 5.15 Å². The molecule has 5 heteroatoms. The largest absolute Gasteiger partial charge is 0.376 e. The monoisotopic (exact) mass is 330 g/mol. The smallest absolute Gasteiger partial charge is 0.132 e. The summed E-state index contributed by atoms with van der Waals surface area (Å²) in [5, 5.41) is 6.05. The SMILES string of the molecule is Cc1cc(NC(C)c2cc(Br)cs2)cnc1Cl. The van der Waals surface area contributed by atoms with Crippen LogP contribution in [0.1, 0.15) is 23.4 Å².